The van der Waals surface area contributed by atoms with E-state index in [1.165, 1.54) is 6.08 Å². The minimum atomic E-state index is -0.206. The van der Waals surface area contributed by atoms with Crippen LogP contribution in [0.3, 0.4) is 0 Å². The van der Waals surface area contributed by atoms with Crippen LogP contribution in [0.4, 0.5) is 5.69 Å². The first kappa shape index (κ1) is 15.2. The monoisotopic (exact) mass is 327 g/mol. The van der Waals surface area contributed by atoms with Crippen LogP contribution < -0.4 is 14.8 Å². The van der Waals surface area contributed by atoms with Gasteiger partial charge in [-0.15, -0.1) is 0 Å². The lowest BCUT2D eigenvalue weighted by Gasteiger charge is -2.01. The third kappa shape index (κ3) is 4.14. The highest BCUT2D eigenvalue weighted by Gasteiger charge is 2.11. The molecule has 0 atom stereocenters. The molecule has 1 heterocycles. The molecule has 2 aromatic rings. The molecule has 1 aliphatic heterocycles. The molecule has 0 spiro atoms. The van der Waals surface area contributed by atoms with Gasteiger partial charge in [-0.05, 0) is 42.0 Å². The summed E-state index contributed by atoms with van der Waals surface area (Å²) in [6.45, 7) is 0.257. The van der Waals surface area contributed by atoms with Crippen molar-refractivity contribution in [3.63, 3.8) is 0 Å². The average molecular weight is 328 g/mol. The second kappa shape index (κ2) is 7.03. The van der Waals surface area contributed by atoms with Crippen LogP contribution in [0.2, 0.25) is 5.02 Å². The molecule has 4 nitrogen and oxygen atoms in total. The van der Waals surface area contributed by atoms with E-state index in [2.05, 4.69) is 5.32 Å². The number of carbonyl (C=O) groups excluding carboxylic acids is 1. The van der Waals surface area contributed by atoms with Crippen molar-refractivity contribution < 1.29 is 14.3 Å². The molecule has 5 heteroatoms. The van der Waals surface area contributed by atoms with E-state index >= 15 is 0 Å². The number of rotatable bonds is 4. The first-order chi connectivity index (χ1) is 11.2. The summed E-state index contributed by atoms with van der Waals surface area (Å²) in [5, 5.41) is 3.38. The van der Waals surface area contributed by atoms with E-state index in [0.29, 0.717) is 10.7 Å². The molecular formula is C18H14ClNO3. The third-order valence-electron chi connectivity index (χ3n) is 3.16. The molecule has 0 aromatic heterocycles. The lowest BCUT2D eigenvalue weighted by Crippen LogP contribution is -2.07. The van der Waals surface area contributed by atoms with E-state index in [9.17, 15) is 4.79 Å². The van der Waals surface area contributed by atoms with Gasteiger partial charge in [-0.1, -0.05) is 35.9 Å². The predicted molar refractivity (Wildman–Crippen MR) is 90.8 cm³/mol. The predicted octanol–water partition coefficient (Wildman–Crippen LogP) is 4.28. The quantitative estimate of drug-likeness (QED) is 0.673. The van der Waals surface area contributed by atoms with Crippen LogP contribution in [0.15, 0.2) is 60.7 Å². The van der Waals surface area contributed by atoms with E-state index in [1.807, 2.05) is 24.3 Å². The molecule has 1 aliphatic rings. The summed E-state index contributed by atoms with van der Waals surface area (Å²) in [4.78, 5) is 11.8. The van der Waals surface area contributed by atoms with E-state index in [-0.39, 0.29) is 12.7 Å². The number of allylic oxidation sites excluding steroid dienone is 2. The van der Waals surface area contributed by atoms with Crippen LogP contribution in [-0.2, 0) is 4.79 Å². The molecule has 0 fully saturated rings. The van der Waals surface area contributed by atoms with Crippen LogP contribution in [0.5, 0.6) is 11.5 Å². The second-order valence-electron chi connectivity index (χ2n) is 4.83. The molecule has 23 heavy (non-hydrogen) atoms. The molecule has 0 bridgehead atoms. The minimum Gasteiger partial charge on any atom is -0.454 e. The normalized spacial score (nSPS) is 12.9. The number of benzene rings is 2. The van der Waals surface area contributed by atoms with Crippen LogP contribution in [0.25, 0.3) is 6.08 Å². The van der Waals surface area contributed by atoms with Crippen LogP contribution in [-0.4, -0.2) is 12.7 Å². The van der Waals surface area contributed by atoms with Crippen molar-refractivity contribution >= 4 is 29.3 Å². The smallest absolute Gasteiger partial charge is 0.248 e. The lowest BCUT2D eigenvalue weighted by molar-refractivity contribution is -0.111. The van der Waals surface area contributed by atoms with Crippen molar-refractivity contribution in [2.75, 3.05) is 12.1 Å². The van der Waals surface area contributed by atoms with Gasteiger partial charge < -0.3 is 14.8 Å². The van der Waals surface area contributed by atoms with Gasteiger partial charge in [0, 0.05) is 16.8 Å². The van der Waals surface area contributed by atoms with Crippen molar-refractivity contribution in [1.29, 1.82) is 0 Å². The van der Waals surface area contributed by atoms with Crippen molar-refractivity contribution in [3.05, 3.63) is 71.3 Å². The second-order valence-corrected chi connectivity index (χ2v) is 5.26. The summed E-state index contributed by atoms with van der Waals surface area (Å²) in [7, 11) is 0. The van der Waals surface area contributed by atoms with Gasteiger partial charge in [-0.2, -0.15) is 0 Å². The summed E-state index contributed by atoms with van der Waals surface area (Å²) in [6.07, 6.45) is 6.81. The van der Waals surface area contributed by atoms with Gasteiger partial charge >= 0.3 is 0 Å². The number of amides is 1. The Morgan fingerprint density at radius 2 is 1.83 bits per heavy atom. The van der Waals surface area contributed by atoms with Crippen molar-refractivity contribution in [2.24, 2.45) is 0 Å². The zero-order chi connectivity index (χ0) is 16.1. The van der Waals surface area contributed by atoms with Gasteiger partial charge in [0.1, 0.15) is 0 Å². The van der Waals surface area contributed by atoms with Crippen LogP contribution in [0.1, 0.15) is 5.56 Å². The molecule has 2 aromatic carbocycles. The van der Waals surface area contributed by atoms with Gasteiger partial charge in [0.25, 0.3) is 0 Å². The maximum absolute atomic E-state index is 11.8. The highest BCUT2D eigenvalue weighted by Crippen LogP contribution is 2.32. The maximum atomic E-state index is 11.8. The fraction of sp³-hybridized carbons (Fsp3) is 0.0556. The largest absolute Gasteiger partial charge is 0.454 e. The Hall–Kier alpha value is -2.72. The highest BCUT2D eigenvalue weighted by atomic mass is 35.5. The topological polar surface area (TPSA) is 47.6 Å². The summed E-state index contributed by atoms with van der Waals surface area (Å²) >= 11 is 5.79. The number of hydrogen-bond acceptors (Lipinski definition) is 3. The molecule has 0 radical (unpaired) electrons. The van der Waals surface area contributed by atoms with E-state index < -0.39 is 0 Å². The molecule has 3 rings (SSSR count). The Kier molecular flexibility index (Phi) is 4.64. The number of halogens is 1. The molecule has 0 unspecified atom stereocenters. The number of carbonyl (C=O) groups is 1. The first-order valence-corrected chi connectivity index (χ1v) is 7.39. The zero-order valence-corrected chi connectivity index (χ0v) is 12.9. The first-order valence-electron chi connectivity index (χ1n) is 7.02. The number of anilines is 1. The molecule has 0 saturated heterocycles. The lowest BCUT2D eigenvalue weighted by atomic mass is 10.2. The van der Waals surface area contributed by atoms with Gasteiger partial charge in [0.15, 0.2) is 11.5 Å². The van der Waals surface area contributed by atoms with Crippen molar-refractivity contribution in [1.82, 2.24) is 0 Å². The average Bonchev–Trinajstić information content (AvgIpc) is 3.01. The number of ether oxygens (including phenoxy) is 2. The Balaban J connectivity index is 1.55. The number of nitrogens with one attached hydrogen (secondary N) is 1. The highest BCUT2D eigenvalue weighted by molar-refractivity contribution is 6.30. The minimum absolute atomic E-state index is 0.206. The van der Waals surface area contributed by atoms with Crippen molar-refractivity contribution in [2.45, 2.75) is 0 Å². The fourth-order valence-corrected chi connectivity index (χ4v) is 2.17. The molecule has 0 saturated carbocycles. The maximum Gasteiger partial charge on any atom is 0.248 e. The summed E-state index contributed by atoms with van der Waals surface area (Å²) in [5.41, 5.74) is 1.67. The van der Waals surface area contributed by atoms with E-state index in [1.54, 1.807) is 36.4 Å². The zero-order valence-electron chi connectivity index (χ0n) is 12.2. The molecular weight excluding hydrogens is 314 g/mol. The van der Waals surface area contributed by atoms with Gasteiger partial charge in [-0.25, -0.2) is 0 Å². The van der Waals surface area contributed by atoms with Gasteiger partial charge in [0.05, 0.1) is 0 Å². The van der Waals surface area contributed by atoms with Crippen LogP contribution in [0, 0.1) is 0 Å². The number of fused-ring (bicyclic) bond motifs is 1. The standard InChI is InChI=1S/C18H14ClNO3/c19-14-6-8-15(9-7-14)20-18(21)4-2-1-3-13-5-10-16-17(11-13)23-12-22-16/h1-11H,12H2,(H,20,21)/b3-1+,4-2+. The SMILES string of the molecule is O=C(/C=C/C=C/c1ccc2c(c1)OCO2)Nc1ccc(Cl)cc1. The summed E-state index contributed by atoms with van der Waals surface area (Å²) in [5.74, 6) is 1.28. The van der Waals surface area contributed by atoms with E-state index in [4.69, 9.17) is 21.1 Å². The molecule has 1 amide bonds. The van der Waals surface area contributed by atoms with Gasteiger partial charge in [-0.3, -0.25) is 4.79 Å². The van der Waals surface area contributed by atoms with Crippen LogP contribution >= 0.6 is 11.6 Å². The molecule has 116 valence electrons. The van der Waals surface area contributed by atoms with E-state index in [0.717, 1.165) is 17.1 Å². The van der Waals surface area contributed by atoms with Gasteiger partial charge in [0.2, 0.25) is 12.7 Å². The Labute approximate surface area is 139 Å². The summed E-state index contributed by atoms with van der Waals surface area (Å²) in [6, 6.07) is 12.6. The fourth-order valence-electron chi connectivity index (χ4n) is 2.04. The Bertz CT molecular complexity index is 766. The number of hydrogen-bond donors (Lipinski definition) is 1. The summed E-state index contributed by atoms with van der Waals surface area (Å²) < 4.78 is 10.6. The third-order valence-corrected chi connectivity index (χ3v) is 3.41. The Morgan fingerprint density at radius 1 is 1.04 bits per heavy atom. The molecule has 1 N–H and O–H groups in total. The Morgan fingerprint density at radius 3 is 2.65 bits per heavy atom. The molecule has 0 aliphatic carbocycles. The van der Waals surface area contributed by atoms with Crippen molar-refractivity contribution in [3.8, 4) is 11.5 Å².